The molecule has 0 radical (unpaired) electrons. The fraction of sp³-hybridized carbons (Fsp3) is 0.500. The summed E-state index contributed by atoms with van der Waals surface area (Å²) >= 11 is 0. The van der Waals surface area contributed by atoms with Crippen LogP contribution in [0.15, 0.2) is 18.2 Å². The molecule has 100 valence electrons. The van der Waals surface area contributed by atoms with Crippen LogP contribution in [0.4, 0.5) is 17.3 Å². The monoisotopic (exact) mass is 300 g/mol. The van der Waals surface area contributed by atoms with Gasteiger partial charge in [0.15, 0.2) is 0 Å². The summed E-state index contributed by atoms with van der Waals surface area (Å²) in [6.45, 7) is -5.25. The number of hydrogen-bond donors (Lipinski definition) is 0. The molecule has 1 aromatic carbocycles. The summed E-state index contributed by atoms with van der Waals surface area (Å²) in [4.78, 5) is 0. The number of benzene rings is 1. The van der Waals surface area contributed by atoms with Gasteiger partial charge in [0.05, 0.1) is 11.9 Å². The van der Waals surface area contributed by atoms with Crippen LogP contribution in [-0.2, 0) is 0 Å². The predicted molar refractivity (Wildman–Crippen MR) is 62.6 cm³/mol. The molecule has 7 heteroatoms. The molecule has 0 amide bonds. The Bertz CT molecular complexity index is 419. The van der Waals surface area contributed by atoms with Gasteiger partial charge in [-0.2, -0.15) is 0 Å². The van der Waals surface area contributed by atoms with E-state index in [1.54, 1.807) is 0 Å². The standard InChI is InChI=1S/C12H14BF4O.K/c14-9-6-7-12(11(8-9)13(15,16)17)18-10-4-2-1-3-5-10;/h6-8,10H,1-5H2;/q-1;+1. The van der Waals surface area contributed by atoms with E-state index >= 15 is 0 Å². The molecule has 1 saturated carbocycles. The first kappa shape index (κ1) is 17.5. The van der Waals surface area contributed by atoms with Crippen molar-refractivity contribution in [2.75, 3.05) is 0 Å². The van der Waals surface area contributed by atoms with Crippen LogP contribution in [-0.4, -0.2) is 13.1 Å². The summed E-state index contributed by atoms with van der Waals surface area (Å²) in [5.41, 5.74) is -0.972. The summed E-state index contributed by atoms with van der Waals surface area (Å²) in [7, 11) is 0. The van der Waals surface area contributed by atoms with Crippen LogP contribution in [0, 0.1) is 5.82 Å². The van der Waals surface area contributed by atoms with Crippen molar-refractivity contribution in [3.63, 3.8) is 0 Å². The molecule has 0 bridgehead atoms. The maximum absolute atomic E-state index is 12.9. The van der Waals surface area contributed by atoms with Gasteiger partial charge in [-0.05, 0) is 43.9 Å². The van der Waals surface area contributed by atoms with Crippen LogP contribution in [0.5, 0.6) is 5.75 Å². The van der Waals surface area contributed by atoms with E-state index in [1.165, 1.54) is 0 Å². The van der Waals surface area contributed by atoms with Crippen LogP contribution in [0.1, 0.15) is 32.1 Å². The van der Waals surface area contributed by atoms with E-state index < -0.39 is 18.3 Å². The Labute approximate surface area is 152 Å². The van der Waals surface area contributed by atoms with Crippen molar-refractivity contribution in [2.24, 2.45) is 0 Å². The van der Waals surface area contributed by atoms with Gasteiger partial charge in [-0.1, -0.05) is 11.9 Å². The van der Waals surface area contributed by atoms with Crippen LogP contribution in [0.25, 0.3) is 0 Å². The van der Waals surface area contributed by atoms with Gasteiger partial charge in [-0.25, -0.2) is 4.39 Å². The van der Waals surface area contributed by atoms with E-state index in [0.29, 0.717) is 6.07 Å². The Morgan fingerprint density at radius 1 is 1.05 bits per heavy atom. The summed E-state index contributed by atoms with van der Waals surface area (Å²) in [5.74, 6) is -1.13. The van der Waals surface area contributed by atoms with E-state index in [9.17, 15) is 17.3 Å². The fourth-order valence-corrected chi connectivity index (χ4v) is 2.24. The van der Waals surface area contributed by atoms with Gasteiger partial charge in [0, 0.05) is 0 Å². The van der Waals surface area contributed by atoms with Crippen molar-refractivity contribution in [3.8, 4) is 5.75 Å². The molecule has 0 saturated heterocycles. The second kappa shape index (κ2) is 7.45. The molecule has 1 aliphatic rings. The van der Waals surface area contributed by atoms with Crippen molar-refractivity contribution in [2.45, 2.75) is 38.2 Å². The molecule has 1 aromatic rings. The average Bonchev–Trinajstić information content (AvgIpc) is 2.31. The fourth-order valence-electron chi connectivity index (χ4n) is 2.24. The minimum atomic E-state index is -5.25. The first-order valence-electron chi connectivity index (χ1n) is 6.13. The number of halogens is 4. The van der Waals surface area contributed by atoms with E-state index in [4.69, 9.17) is 4.74 Å². The minimum absolute atomic E-state index is 0. The maximum Gasteiger partial charge on any atom is 1.00 e. The second-order valence-corrected chi connectivity index (χ2v) is 4.63. The molecule has 1 aliphatic carbocycles. The summed E-state index contributed by atoms with van der Waals surface area (Å²) in [6, 6.07) is 2.59. The Hall–Kier alpha value is 0.441. The third-order valence-electron chi connectivity index (χ3n) is 3.17. The van der Waals surface area contributed by atoms with E-state index in [1.807, 2.05) is 0 Å². The maximum atomic E-state index is 12.9. The zero-order chi connectivity index (χ0) is 13.2. The summed E-state index contributed by atoms with van der Waals surface area (Å²) < 4.78 is 56.7. The third kappa shape index (κ3) is 5.04. The number of rotatable bonds is 3. The molecule has 0 N–H and O–H groups in total. The average molecular weight is 300 g/mol. The molecule has 1 fully saturated rings. The molecular formula is C12H14BF4KO. The van der Waals surface area contributed by atoms with Gasteiger partial charge in [-0.3, -0.25) is 0 Å². The quantitative estimate of drug-likeness (QED) is 0.587. The molecule has 1 nitrogen and oxygen atoms in total. The van der Waals surface area contributed by atoms with Gasteiger partial charge in [0.25, 0.3) is 0 Å². The van der Waals surface area contributed by atoms with Gasteiger partial charge >= 0.3 is 58.4 Å². The van der Waals surface area contributed by atoms with Crippen molar-refractivity contribution in [1.82, 2.24) is 0 Å². The first-order chi connectivity index (χ1) is 8.47. The molecule has 0 unspecified atom stereocenters. The topological polar surface area (TPSA) is 9.23 Å². The zero-order valence-electron chi connectivity index (χ0n) is 10.8. The van der Waals surface area contributed by atoms with Crippen LogP contribution in [0.2, 0.25) is 0 Å². The van der Waals surface area contributed by atoms with Crippen molar-refractivity contribution >= 4 is 12.4 Å². The number of hydrogen-bond acceptors (Lipinski definition) is 1. The molecular weight excluding hydrogens is 286 g/mol. The van der Waals surface area contributed by atoms with Crippen molar-refractivity contribution in [3.05, 3.63) is 24.0 Å². The number of ether oxygens (including phenoxy) is 1. The Morgan fingerprint density at radius 3 is 2.26 bits per heavy atom. The Morgan fingerprint density at radius 2 is 1.68 bits per heavy atom. The molecule has 19 heavy (non-hydrogen) atoms. The predicted octanol–water partition coefficient (Wildman–Crippen LogP) is 0.596. The van der Waals surface area contributed by atoms with E-state index in [-0.39, 0.29) is 63.2 Å². The second-order valence-electron chi connectivity index (χ2n) is 4.63. The molecule has 0 heterocycles. The molecule has 0 aliphatic heterocycles. The van der Waals surface area contributed by atoms with Gasteiger partial charge < -0.3 is 17.7 Å². The van der Waals surface area contributed by atoms with Gasteiger partial charge in [0.1, 0.15) is 5.82 Å². The van der Waals surface area contributed by atoms with Gasteiger partial charge in [-0.15, -0.1) is 0 Å². The Kier molecular flexibility index (Phi) is 6.86. The van der Waals surface area contributed by atoms with Crippen molar-refractivity contribution < 1.29 is 73.5 Å². The largest absolute Gasteiger partial charge is 1.00 e. The zero-order valence-corrected chi connectivity index (χ0v) is 14.0. The summed E-state index contributed by atoms with van der Waals surface area (Å²) in [5, 5.41) is 0. The van der Waals surface area contributed by atoms with Crippen molar-refractivity contribution in [1.29, 1.82) is 0 Å². The van der Waals surface area contributed by atoms with E-state index in [2.05, 4.69) is 0 Å². The van der Waals surface area contributed by atoms with Crippen LogP contribution < -0.4 is 61.6 Å². The summed E-state index contributed by atoms with van der Waals surface area (Å²) in [6.07, 6.45) is 4.39. The molecule has 0 spiro atoms. The van der Waals surface area contributed by atoms with E-state index in [0.717, 1.165) is 44.2 Å². The molecule has 2 rings (SSSR count). The smallest absolute Gasteiger partial charge is 0.493 e. The SMILES string of the molecule is Fc1ccc(OC2CCCCC2)c([B-](F)(F)F)c1.[K+]. The molecule has 0 atom stereocenters. The third-order valence-corrected chi connectivity index (χ3v) is 3.17. The first-order valence-corrected chi connectivity index (χ1v) is 6.13. The van der Waals surface area contributed by atoms with Crippen LogP contribution in [0.3, 0.4) is 0 Å². The van der Waals surface area contributed by atoms with Gasteiger partial charge in [0.2, 0.25) is 0 Å². The minimum Gasteiger partial charge on any atom is -0.493 e. The Balaban J connectivity index is 0.00000180. The van der Waals surface area contributed by atoms with Crippen LogP contribution >= 0.6 is 0 Å². The normalized spacial score (nSPS) is 16.8. The molecule has 0 aromatic heterocycles.